The molecule has 9 heteroatoms. The molecule has 18 heavy (non-hydrogen) atoms. The molecule has 0 aromatic heterocycles. The van der Waals surface area contributed by atoms with Gasteiger partial charge in [-0.1, -0.05) is 6.92 Å². The summed E-state index contributed by atoms with van der Waals surface area (Å²) >= 11 is 0. The Morgan fingerprint density at radius 3 is 2.00 bits per heavy atom. The summed E-state index contributed by atoms with van der Waals surface area (Å²) in [6.07, 6.45) is -15.7. The number of aliphatic hydroxyl groups excluding tert-OH is 1. The molecule has 0 heterocycles. The second kappa shape index (κ2) is 7.15. The molecule has 3 nitrogen and oxygen atoms in total. The summed E-state index contributed by atoms with van der Waals surface area (Å²) in [7, 11) is 0. The highest BCUT2D eigenvalue weighted by atomic mass is 19.4. The highest BCUT2D eigenvalue weighted by molar-refractivity contribution is 4.76. The molecule has 1 unspecified atom stereocenters. The van der Waals surface area contributed by atoms with E-state index in [1.165, 1.54) is 0 Å². The molecule has 0 spiro atoms. The van der Waals surface area contributed by atoms with Gasteiger partial charge in [0, 0.05) is 6.54 Å². The number of ether oxygens (including phenoxy) is 1. The second-order valence-corrected chi connectivity index (χ2v) is 3.65. The zero-order chi connectivity index (χ0) is 14.4. The van der Waals surface area contributed by atoms with Gasteiger partial charge in [-0.05, 0) is 13.0 Å². The molecule has 0 aliphatic carbocycles. The predicted molar refractivity (Wildman–Crippen MR) is 51.0 cm³/mol. The van der Waals surface area contributed by atoms with Crippen LogP contribution < -0.4 is 5.32 Å². The van der Waals surface area contributed by atoms with E-state index in [4.69, 9.17) is 5.11 Å². The van der Waals surface area contributed by atoms with Crippen molar-refractivity contribution >= 4 is 0 Å². The number of nitrogens with one attached hydrogen (secondary N) is 1. The van der Waals surface area contributed by atoms with Crippen molar-refractivity contribution in [3.05, 3.63) is 0 Å². The standard InChI is InChI=1S/C9H15F6NO2/c1-2-3-16-4-6(17)5-18-7(8(10,11)12)9(13,14)15/h6-7,16-17H,2-5H2,1H3. The summed E-state index contributed by atoms with van der Waals surface area (Å²) in [5, 5.41) is 11.8. The summed E-state index contributed by atoms with van der Waals surface area (Å²) in [6, 6.07) is 0. The van der Waals surface area contributed by atoms with Gasteiger partial charge in [-0.3, -0.25) is 0 Å². The molecule has 110 valence electrons. The van der Waals surface area contributed by atoms with Crippen LogP contribution in [0.5, 0.6) is 0 Å². The summed E-state index contributed by atoms with van der Waals surface area (Å²) in [6.45, 7) is 1.15. The molecule has 0 aliphatic rings. The number of hydrogen-bond acceptors (Lipinski definition) is 3. The number of aliphatic hydroxyl groups is 1. The Morgan fingerprint density at radius 1 is 1.11 bits per heavy atom. The number of alkyl halides is 6. The normalized spacial score (nSPS) is 15.2. The van der Waals surface area contributed by atoms with E-state index in [0.29, 0.717) is 6.54 Å². The van der Waals surface area contributed by atoms with Crippen LogP contribution in [0.3, 0.4) is 0 Å². The lowest BCUT2D eigenvalue weighted by Gasteiger charge is -2.24. The first kappa shape index (κ1) is 17.5. The van der Waals surface area contributed by atoms with Crippen LogP contribution in [-0.2, 0) is 4.74 Å². The van der Waals surface area contributed by atoms with E-state index in [9.17, 15) is 26.3 Å². The summed E-state index contributed by atoms with van der Waals surface area (Å²) in [5.41, 5.74) is 0. The lowest BCUT2D eigenvalue weighted by Crippen LogP contribution is -2.46. The van der Waals surface area contributed by atoms with Crippen LogP contribution in [0.2, 0.25) is 0 Å². The molecule has 0 fully saturated rings. The molecule has 0 aliphatic heterocycles. The van der Waals surface area contributed by atoms with E-state index in [1.54, 1.807) is 0 Å². The van der Waals surface area contributed by atoms with Crippen molar-refractivity contribution in [2.45, 2.75) is 37.9 Å². The quantitative estimate of drug-likeness (QED) is 0.553. The van der Waals surface area contributed by atoms with Gasteiger partial charge < -0.3 is 15.2 Å². The van der Waals surface area contributed by atoms with E-state index in [-0.39, 0.29) is 6.54 Å². The number of hydrogen-bond donors (Lipinski definition) is 2. The lowest BCUT2D eigenvalue weighted by atomic mass is 10.3. The molecule has 0 saturated carbocycles. The van der Waals surface area contributed by atoms with Gasteiger partial charge in [0.15, 0.2) is 0 Å². The fourth-order valence-corrected chi connectivity index (χ4v) is 1.09. The number of rotatable bonds is 7. The molecule has 0 aromatic rings. The smallest absolute Gasteiger partial charge is 0.389 e. The van der Waals surface area contributed by atoms with Crippen LogP contribution in [0.4, 0.5) is 26.3 Å². The van der Waals surface area contributed by atoms with Crippen molar-refractivity contribution in [2.75, 3.05) is 19.7 Å². The van der Waals surface area contributed by atoms with Crippen LogP contribution in [-0.4, -0.2) is 49.4 Å². The minimum absolute atomic E-state index is 0.129. The number of halogens is 6. The molecular weight excluding hydrogens is 268 g/mol. The van der Waals surface area contributed by atoms with Gasteiger partial charge in [0.05, 0.1) is 12.7 Å². The van der Waals surface area contributed by atoms with Crippen molar-refractivity contribution in [2.24, 2.45) is 0 Å². The molecular formula is C9H15F6NO2. The molecule has 1 atom stereocenters. The predicted octanol–water partition coefficient (Wildman–Crippen LogP) is 1.86. The maximum atomic E-state index is 12.0. The van der Waals surface area contributed by atoms with E-state index in [2.05, 4.69) is 10.1 Å². The van der Waals surface area contributed by atoms with E-state index in [0.717, 1.165) is 6.42 Å². The zero-order valence-electron chi connectivity index (χ0n) is 9.61. The van der Waals surface area contributed by atoms with Crippen LogP contribution in [0, 0.1) is 0 Å². The van der Waals surface area contributed by atoms with Crippen LogP contribution in [0.25, 0.3) is 0 Å². The average Bonchev–Trinajstić information content (AvgIpc) is 2.13. The third-order valence-electron chi connectivity index (χ3n) is 1.86. The third-order valence-corrected chi connectivity index (χ3v) is 1.86. The van der Waals surface area contributed by atoms with E-state index in [1.807, 2.05) is 6.92 Å². The summed E-state index contributed by atoms with van der Waals surface area (Å²) in [4.78, 5) is 0. The molecule has 0 saturated heterocycles. The van der Waals surface area contributed by atoms with Gasteiger partial charge >= 0.3 is 12.4 Å². The lowest BCUT2D eigenvalue weighted by molar-refractivity contribution is -0.324. The third kappa shape index (κ3) is 7.02. The fourth-order valence-electron chi connectivity index (χ4n) is 1.09. The van der Waals surface area contributed by atoms with Crippen molar-refractivity contribution in [1.82, 2.24) is 5.32 Å². The first-order chi connectivity index (χ1) is 8.09. The van der Waals surface area contributed by atoms with Gasteiger partial charge in [0.2, 0.25) is 6.10 Å². The van der Waals surface area contributed by atoms with Crippen LogP contribution in [0.15, 0.2) is 0 Å². The Bertz CT molecular complexity index is 216. The molecule has 0 aromatic carbocycles. The molecule has 0 radical (unpaired) electrons. The summed E-state index contributed by atoms with van der Waals surface area (Å²) < 4.78 is 75.9. The van der Waals surface area contributed by atoms with E-state index < -0.39 is 31.2 Å². The first-order valence-electron chi connectivity index (χ1n) is 5.22. The Balaban J connectivity index is 4.20. The van der Waals surface area contributed by atoms with Gasteiger partial charge in [-0.15, -0.1) is 0 Å². The monoisotopic (exact) mass is 283 g/mol. The van der Waals surface area contributed by atoms with Crippen LogP contribution in [0.1, 0.15) is 13.3 Å². The molecule has 0 rings (SSSR count). The minimum Gasteiger partial charge on any atom is -0.389 e. The second-order valence-electron chi connectivity index (χ2n) is 3.65. The molecule has 0 bridgehead atoms. The van der Waals surface area contributed by atoms with Gasteiger partial charge in [0.25, 0.3) is 0 Å². The van der Waals surface area contributed by atoms with Crippen LogP contribution >= 0.6 is 0 Å². The Morgan fingerprint density at radius 2 is 1.61 bits per heavy atom. The largest absolute Gasteiger partial charge is 0.423 e. The SMILES string of the molecule is CCCNCC(O)COC(C(F)(F)F)C(F)(F)F. The van der Waals surface area contributed by atoms with Gasteiger partial charge in [0.1, 0.15) is 0 Å². The molecule has 2 N–H and O–H groups in total. The maximum absolute atomic E-state index is 12.0. The average molecular weight is 283 g/mol. The topological polar surface area (TPSA) is 41.5 Å². The summed E-state index contributed by atoms with van der Waals surface area (Å²) in [5.74, 6) is 0. The first-order valence-corrected chi connectivity index (χ1v) is 5.22. The Labute approximate surface area is 100 Å². The zero-order valence-corrected chi connectivity index (χ0v) is 9.61. The van der Waals surface area contributed by atoms with Crippen molar-refractivity contribution in [3.8, 4) is 0 Å². The van der Waals surface area contributed by atoms with Gasteiger partial charge in [-0.25, -0.2) is 0 Å². The minimum atomic E-state index is -5.55. The van der Waals surface area contributed by atoms with Crippen molar-refractivity contribution < 1.29 is 36.2 Å². The fraction of sp³-hybridized carbons (Fsp3) is 1.00. The Hall–Kier alpha value is -0.540. The van der Waals surface area contributed by atoms with Crippen molar-refractivity contribution in [3.63, 3.8) is 0 Å². The Kier molecular flexibility index (Phi) is 6.93. The van der Waals surface area contributed by atoms with E-state index >= 15 is 0 Å². The van der Waals surface area contributed by atoms with Gasteiger partial charge in [-0.2, -0.15) is 26.3 Å². The van der Waals surface area contributed by atoms with Crippen molar-refractivity contribution in [1.29, 1.82) is 0 Å². The maximum Gasteiger partial charge on any atom is 0.423 e. The highest BCUT2D eigenvalue weighted by Crippen LogP contribution is 2.35. The highest BCUT2D eigenvalue weighted by Gasteiger charge is 2.58. The molecule has 0 amide bonds.